The quantitative estimate of drug-likeness (QED) is 0.183. The Bertz CT molecular complexity index is 2950. The Morgan fingerprint density at radius 2 is 1.02 bits per heavy atom. The topological polar surface area (TPSA) is 33.6 Å². The van der Waals surface area contributed by atoms with E-state index >= 15 is 0 Å². The van der Waals surface area contributed by atoms with Crippen LogP contribution in [0.2, 0.25) is 0 Å². The third-order valence-corrected chi connectivity index (χ3v) is 9.90. The number of rotatable bonds is 3. The lowest BCUT2D eigenvalue weighted by atomic mass is 9.99. The first kappa shape index (κ1) is 26.6. The van der Waals surface area contributed by atoms with Crippen LogP contribution in [0.3, 0.4) is 0 Å². The van der Waals surface area contributed by atoms with Crippen LogP contribution < -0.4 is 0 Å². The number of nitriles is 1. The summed E-state index contributed by atoms with van der Waals surface area (Å²) in [4.78, 5) is 0. The van der Waals surface area contributed by atoms with Crippen LogP contribution in [-0.4, -0.2) is 9.13 Å². The molecule has 0 aliphatic heterocycles. The minimum absolute atomic E-state index is 0.670. The molecule has 3 heteroatoms. The van der Waals surface area contributed by atoms with Crippen molar-refractivity contribution in [3.8, 4) is 28.6 Å². The van der Waals surface area contributed by atoms with Crippen molar-refractivity contribution in [1.29, 1.82) is 5.26 Å². The first-order valence-corrected chi connectivity index (χ1v) is 16.2. The predicted octanol–water partition coefficient (Wildman–Crippen LogP) is 11.7. The molecule has 2 aromatic heterocycles. The Labute approximate surface area is 276 Å². The van der Waals surface area contributed by atoms with Gasteiger partial charge in [0.25, 0.3) is 0 Å². The van der Waals surface area contributed by atoms with Crippen molar-refractivity contribution in [1.82, 2.24) is 9.13 Å². The molecule has 0 bridgehead atoms. The van der Waals surface area contributed by atoms with E-state index in [2.05, 4.69) is 161 Å². The molecule has 0 fully saturated rings. The minimum atomic E-state index is 0.670. The smallest absolute Gasteiger partial charge is 0.0991 e. The highest BCUT2D eigenvalue weighted by molar-refractivity contribution is 6.16. The van der Waals surface area contributed by atoms with E-state index in [0.29, 0.717) is 5.56 Å². The molecule has 8 aromatic carbocycles. The van der Waals surface area contributed by atoms with Crippen molar-refractivity contribution in [2.24, 2.45) is 0 Å². The maximum atomic E-state index is 9.66. The lowest BCUT2D eigenvalue weighted by Crippen LogP contribution is -1.96. The van der Waals surface area contributed by atoms with Gasteiger partial charge in [0, 0.05) is 38.5 Å². The lowest BCUT2D eigenvalue weighted by molar-refractivity contribution is 1.18. The number of aromatic nitrogens is 2. The van der Waals surface area contributed by atoms with Crippen LogP contribution in [0.1, 0.15) is 5.56 Å². The van der Waals surface area contributed by atoms with Gasteiger partial charge in [0.15, 0.2) is 0 Å². The molecule has 10 aromatic rings. The van der Waals surface area contributed by atoms with E-state index in [0.717, 1.165) is 38.4 Å². The minimum Gasteiger partial charge on any atom is -0.309 e. The van der Waals surface area contributed by atoms with E-state index in [1.54, 1.807) is 0 Å². The molecule has 0 saturated carbocycles. The van der Waals surface area contributed by atoms with Crippen LogP contribution in [0.25, 0.3) is 87.7 Å². The molecule has 0 aliphatic rings. The lowest BCUT2D eigenvalue weighted by Gasteiger charge is -2.13. The Morgan fingerprint density at radius 1 is 0.396 bits per heavy atom. The molecule has 2 heterocycles. The molecular weight excluding hydrogens is 583 g/mol. The maximum absolute atomic E-state index is 9.66. The summed E-state index contributed by atoms with van der Waals surface area (Å²) in [6.45, 7) is 0. The number of benzene rings is 8. The fourth-order valence-electron chi connectivity index (χ4n) is 7.76. The standard InChI is InChI=1S/C45H27N3/c46-28-29-17-18-30-19-20-31-21-23-34(27-41(31)40(30)25-29)47-42-15-6-4-11-36(42)38-24-22-32(26-44(38)47)35-13-8-14-39-37-12-5-7-16-43(37)48(45(35)39)33-9-2-1-3-10-33/h1-27H. The summed E-state index contributed by atoms with van der Waals surface area (Å²) in [7, 11) is 0. The molecule has 0 N–H and O–H groups in total. The van der Waals surface area contributed by atoms with Gasteiger partial charge in [0.05, 0.1) is 33.7 Å². The van der Waals surface area contributed by atoms with Gasteiger partial charge in [-0.15, -0.1) is 0 Å². The van der Waals surface area contributed by atoms with Gasteiger partial charge in [-0.05, 0) is 81.7 Å². The Kier molecular flexibility index (Phi) is 5.64. The van der Waals surface area contributed by atoms with Crippen molar-refractivity contribution in [2.45, 2.75) is 0 Å². The van der Waals surface area contributed by atoms with E-state index in [-0.39, 0.29) is 0 Å². The number of hydrogen-bond donors (Lipinski definition) is 0. The van der Waals surface area contributed by atoms with Gasteiger partial charge in [-0.25, -0.2) is 0 Å². The molecule has 0 spiro atoms. The summed E-state index contributed by atoms with van der Waals surface area (Å²) in [5, 5.41) is 19.1. The van der Waals surface area contributed by atoms with E-state index < -0.39 is 0 Å². The van der Waals surface area contributed by atoms with Crippen molar-refractivity contribution < 1.29 is 0 Å². The Hall–Kier alpha value is -6.63. The summed E-state index contributed by atoms with van der Waals surface area (Å²) in [5.74, 6) is 0. The highest BCUT2D eigenvalue weighted by Crippen LogP contribution is 2.41. The second kappa shape index (κ2) is 10.2. The average Bonchev–Trinajstić information content (AvgIpc) is 3.67. The summed E-state index contributed by atoms with van der Waals surface area (Å²) in [6.07, 6.45) is 0. The predicted molar refractivity (Wildman–Crippen MR) is 200 cm³/mol. The molecule has 0 saturated heterocycles. The van der Waals surface area contributed by atoms with E-state index in [4.69, 9.17) is 0 Å². The molecule has 0 radical (unpaired) electrons. The third kappa shape index (κ3) is 3.81. The SMILES string of the molecule is N#Cc1ccc2ccc3ccc(-n4c5ccccc5c5ccc(-c6cccc7c8ccccc8n(-c8ccccc8)c67)cc54)cc3c2c1. The van der Waals surface area contributed by atoms with E-state index in [1.807, 2.05) is 18.2 Å². The summed E-state index contributed by atoms with van der Waals surface area (Å²) < 4.78 is 4.80. The number of fused-ring (bicyclic) bond motifs is 9. The van der Waals surface area contributed by atoms with Gasteiger partial charge in [0.2, 0.25) is 0 Å². The molecule has 0 atom stereocenters. The van der Waals surface area contributed by atoms with Crippen molar-refractivity contribution in [3.05, 3.63) is 169 Å². The summed E-state index contributed by atoms with van der Waals surface area (Å²) in [6, 6.07) is 60.9. The van der Waals surface area contributed by atoms with Gasteiger partial charge in [-0.3, -0.25) is 0 Å². The molecule has 10 rings (SSSR count). The van der Waals surface area contributed by atoms with Crippen LogP contribution in [0.15, 0.2) is 164 Å². The fourth-order valence-corrected chi connectivity index (χ4v) is 7.76. The first-order valence-electron chi connectivity index (χ1n) is 16.2. The van der Waals surface area contributed by atoms with Crippen LogP contribution in [0, 0.1) is 11.3 Å². The third-order valence-electron chi connectivity index (χ3n) is 9.90. The van der Waals surface area contributed by atoms with Gasteiger partial charge >= 0.3 is 0 Å². The number of hydrogen-bond acceptors (Lipinski definition) is 1. The second-order valence-corrected chi connectivity index (χ2v) is 12.5. The zero-order valence-corrected chi connectivity index (χ0v) is 25.9. The summed E-state index contributed by atoms with van der Waals surface area (Å²) >= 11 is 0. The number of nitrogens with zero attached hydrogens (tertiary/aromatic N) is 3. The van der Waals surface area contributed by atoms with E-state index in [1.165, 1.54) is 49.2 Å². The molecular formula is C45H27N3. The molecule has 222 valence electrons. The van der Waals surface area contributed by atoms with Crippen molar-refractivity contribution in [2.75, 3.05) is 0 Å². The van der Waals surface area contributed by atoms with Crippen molar-refractivity contribution >= 4 is 65.2 Å². The monoisotopic (exact) mass is 609 g/mol. The Balaban J connectivity index is 1.27. The van der Waals surface area contributed by atoms with Crippen LogP contribution in [-0.2, 0) is 0 Å². The van der Waals surface area contributed by atoms with Gasteiger partial charge < -0.3 is 9.13 Å². The van der Waals surface area contributed by atoms with Gasteiger partial charge in [-0.1, -0.05) is 109 Å². The zero-order valence-electron chi connectivity index (χ0n) is 25.9. The van der Waals surface area contributed by atoms with E-state index in [9.17, 15) is 5.26 Å². The van der Waals surface area contributed by atoms with Crippen LogP contribution >= 0.6 is 0 Å². The fraction of sp³-hybridized carbons (Fsp3) is 0. The van der Waals surface area contributed by atoms with Gasteiger partial charge in [0.1, 0.15) is 0 Å². The normalized spacial score (nSPS) is 11.7. The van der Waals surface area contributed by atoms with Crippen molar-refractivity contribution in [3.63, 3.8) is 0 Å². The molecule has 0 aliphatic carbocycles. The zero-order chi connectivity index (χ0) is 31.8. The average molecular weight is 610 g/mol. The first-order chi connectivity index (χ1) is 23.8. The molecule has 0 unspecified atom stereocenters. The highest BCUT2D eigenvalue weighted by atomic mass is 15.0. The largest absolute Gasteiger partial charge is 0.309 e. The summed E-state index contributed by atoms with van der Waals surface area (Å²) in [5.41, 5.74) is 10.0. The molecule has 48 heavy (non-hydrogen) atoms. The second-order valence-electron chi connectivity index (χ2n) is 12.5. The molecule has 3 nitrogen and oxygen atoms in total. The van der Waals surface area contributed by atoms with Crippen LogP contribution in [0.4, 0.5) is 0 Å². The molecule has 0 amide bonds. The highest BCUT2D eigenvalue weighted by Gasteiger charge is 2.18. The van der Waals surface area contributed by atoms with Gasteiger partial charge in [-0.2, -0.15) is 5.26 Å². The number of para-hydroxylation sites is 4. The Morgan fingerprint density at radius 3 is 1.81 bits per heavy atom. The van der Waals surface area contributed by atoms with Crippen LogP contribution in [0.5, 0.6) is 0 Å². The maximum Gasteiger partial charge on any atom is 0.0991 e.